The normalized spacial score (nSPS) is 11.7. The van der Waals surface area contributed by atoms with Crippen LogP contribution in [0.1, 0.15) is 36.0 Å². The third-order valence-corrected chi connectivity index (χ3v) is 3.21. The number of hydrogen-bond donors (Lipinski definition) is 1. The molecule has 4 heteroatoms. The summed E-state index contributed by atoms with van der Waals surface area (Å²) in [6, 6.07) is 0. The summed E-state index contributed by atoms with van der Waals surface area (Å²) in [5.74, 6) is -0.953. The van der Waals surface area contributed by atoms with Crippen LogP contribution in [0.5, 0.6) is 0 Å². The predicted octanol–water partition coefficient (Wildman–Crippen LogP) is 3.40. The maximum absolute atomic E-state index is 10.7. The molecule has 0 bridgehead atoms. The van der Waals surface area contributed by atoms with E-state index in [-0.39, 0.29) is 10.3 Å². The predicted molar refractivity (Wildman–Crippen MR) is 55.0 cm³/mol. The SMILES string of the molecule is CC(C)(C)c1csc(C(=O)O)c1Cl. The molecule has 0 amide bonds. The first-order valence-corrected chi connectivity index (χ1v) is 5.10. The Bertz CT molecular complexity index is 336. The van der Waals surface area contributed by atoms with Crippen molar-refractivity contribution >= 4 is 28.9 Å². The Morgan fingerprint density at radius 1 is 1.54 bits per heavy atom. The standard InChI is InChI=1S/C9H11ClO2S/c1-9(2,3)5-4-13-7(6(5)10)8(11)12/h4H,1-3H3,(H,11,12). The molecule has 0 aliphatic heterocycles. The van der Waals surface area contributed by atoms with Gasteiger partial charge in [0.05, 0.1) is 5.02 Å². The molecular weight excluding hydrogens is 208 g/mol. The highest BCUT2D eigenvalue weighted by Crippen LogP contribution is 2.36. The minimum absolute atomic E-state index is 0.0959. The van der Waals surface area contributed by atoms with Crippen LogP contribution in [0, 0.1) is 0 Å². The van der Waals surface area contributed by atoms with E-state index < -0.39 is 5.97 Å². The monoisotopic (exact) mass is 218 g/mol. The Kier molecular flexibility index (Phi) is 2.68. The van der Waals surface area contributed by atoms with Gasteiger partial charge in [-0.1, -0.05) is 32.4 Å². The van der Waals surface area contributed by atoms with Crippen LogP contribution in [0.4, 0.5) is 0 Å². The van der Waals surface area contributed by atoms with E-state index in [2.05, 4.69) is 0 Å². The number of thiophene rings is 1. The van der Waals surface area contributed by atoms with E-state index in [1.807, 2.05) is 26.2 Å². The summed E-state index contributed by atoms with van der Waals surface area (Å²) in [4.78, 5) is 10.9. The topological polar surface area (TPSA) is 37.3 Å². The van der Waals surface area contributed by atoms with E-state index in [4.69, 9.17) is 16.7 Å². The number of carboxylic acid groups (broad SMARTS) is 1. The fourth-order valence-electron chi connectivity index (χ4n) is 0.994. The molecule has 0 aromatic carbocycles. The van der Waals surface area contributed by atoms with E-state index >= 15 is 0 Å². The quantitative estimate of drug-likeness (QED) is 0.785. The zero-order valence-electron chi connectivity index (χ0n) is 7.72. The zero-order chi connectivity index (χ0) is 10.2. The fraction of sp³-hybridized carbons (Fsp3) is 0.444. The van der Waals surface area contributed by atoms with Gasteiger partial charge >= 0.3 is 5.97 Å². The molecule has 1 rings (SSSR count). The molecule has 2 nitrogen and oxygen atoms in total. The molecule has 0 spiro atoms. The van der Waals surface area contributed by atoms with Crippen molar-refractivity contribution in [2.75, 3.05) is 0 Å². The lowest BCUT2D eigenvalue weighted by molar-refractivity contribution is 0.0702. The van der Waals surface area contributed by atoms with Crippen molar-refractivity contribution in [3.8, 4) is 0 Å². The number of carbonyl (C=O) groups is 1. The third kappa shape index (κ3) is 2.03. The van der Waals surface area contributed by atoms with Gasteiger partial charge in [0.1, 0.15) is 4.88 Å². The van der Waals surface area contributed by atoms with Crippen molar-refractivity contribution in [2.24, 2.45) is 0 Å². The minimum atomic E-state index is -0.953. The summed E-state index contributed by atoms with van der Waals surface area (Å²) >= 11 is 7.11. The van der Waals surface area contributed by atoms with Crippen molar-refractivity contribution in [1.82, 2.24) is 0 Å². The first kappa shape index (κ1) is 10.5. The van der Waals surface area contributed by atoms with Crippen LogP contribution in [-0.4, -0.2) is 11.1 Å². The molecule has 0 saturated heterocycles. The molecule has 0 radical (unpaired) electrons. The lowest BCUT2D eigenvalue weighted by Crippen LogP contribution is -2.10. The van der Waals surface area contributed by atoms with Gasteiger partial charge in [-0.25, -0.2) is 4.79 Å². The highest BCUT2D eigenvalue weighted by Gasteiger charge is 2.23. The number of carboxylic acids is 1. The van der Waals surface area contributed by atoms with E-state index in [0.717, 1.165) is 5.56 Å². The number of halogens is 1. The third-order valence-electron chi connectivity index (χ3n) is 1.73. The molecule has 1 aromatic rings. The van der Waals surface area contributed by atoms with Crippen LogP contribution in [0.15, 0.2) is 5.38 Å². The summed E-state index contributed by atoms with van der Waals surface area (Å²) in [6.07, 6.45) is 0. The van der Waals surface area contributed by atoms with Gasteiger partial charge < -0.3 is 5.11 Å². The fourth-order valence-corrected chi connectivity index (χ4v) is 2.63. The second kappa shape index (κ2) is 3.31. The van der Waals surface area contributed by atoms with Gasteiger partial charge in [-0.2, -0.15) is 0 Å². The summed E-state index contributed by atoms with van der Waals surface area (Å²) in [5.41, 5.74) is 0.804. The molecule has 0 fully saturated rings. The minimum Gasteiger partial charge on any atom is -0.477 e. The Balaban J connectivity index is 3.22. The number of aromatic carboxylic acids is 1. The van der Waals surface area contributed by atoms with Crippen LogP contribution in [-0.2, 0) is 5.41 Å². The Morgan fingerprint density at radius 3 is 2.31 bits per heavy atom. The van der Waals surface area contributed by atoms with Crippen LogP contribution < -0.4 is 0 Å². The van der Waals surface area contributed by atoms with E-state index in [1.165, 1.54) is 11.3 Å². The lowest BCUT2D eigenvalue weighted by Gasteiger charge is -2.17. The molecule has 0 aliphatic rings. The average Bonchev–Trinajstić information content (AvgIpc) is 2.28. The van der Waals surface area contributed by atoms with Gasteiger partial charge in [0.2, 0.25) is 0 Å². The van der Waals surface area contributed by atoms with Gasteiger partial charge in [0, 0.05) is 0 Å². The van der Waals surface area contributed by atoms with Crippen molar-refractivity contribution in [1.29, 1.82) is 0 Å². The molecule has 0 unspecified atom stereocenters. The second-order valence-corrected chi connectivity index (χ2v) is 5.11. The largest absolute Gasteiger partial charge is 0.477 e. The summed E-state index contributed by atoms with van der Waals surface area (Å²) in [5, 5.41) is 11.0. The highest BCUT2D eigenvalue weighted by molar-refractivity contribution is 7.12. The first-order valence-electron chi connectivity index (χ1n) is 3.85. The maximum atomic E-state index is 10.7. The molecule has 1 aromatic heterocycles. The smallest absolute Gasteiger partial charge is 0.347 e. The highest BCUT2D eigenvalue weighted by atomic mass is 35.5. The molecule has 0 saturated carbocycles. The Morgan fingerprint density at radius 2 is 2.08 bits per heavy atom. The Labute approximate surface area is 86.2 Å². The van der Waals surface area contributed by atoms with Crippen molar-refractivity contribution < 1.29 is 9.90 Å². The van der Waals surface area contributed by atoms with Gasteiger partial charge in [-0.3, -0.25) is 0 Å². The van der Waals surface area contributed by atoms with Crippen molar-refractivity contribution in [2.45, 2.75) is 26.2 Å². The van der Waals surface area contributed by atoms with Crippen LogP contribution in [0.3, 0.4) is 0 Å². The summed E-state index contributed by atoms with van der Waals surface area (Å²) < 4.78 is 0. The van der Waals surface area contributed by atoms with Crippen LogP contribution in [0.2, 0.25) is 5.02 Å². The zero-order valence-corrected chi connectivity index (χ0v) is 9.29. The Hall–Kier alpha value is -0.540. The molecular formula is C9H11ClO2S. The average molecular weight is 219 g/mol. The van der Waals surface area contributed by atoms with Gasteiger partial charge in [0.15, 0.2) is 0 Å². The van der Waals surface area contributed by atoms with Crippen LogP contribution >= 0.6 is 22.9 Å². The number of rotatable bonds is 1. The molecule has 72 valence electrons. The number of hydrogen-bond acceptors (Lipinski definition) is 2. The van der Waals surface area contributed by atoms with E-state index in [1.54, 1.807) is 0 Å². The first-order chi connectivity index (χ1) is 5.84. The molecule has 13 heavy (non-hydrogen) atoms. The molecule has 0 aliphatic carbocycles. The second-order valence-electron chi connectivity index (χ2n) is 3.85. The van der Waals surface area contributed by atoms with Crippen LogP contribution in [0.25, 0.3) is 0 Å². The van der Waals surface area contributed by atoms with E-state index in [0.29, 0.717) is 5.02 Å². The molecule has 1 heterocycles. The van der Waals surface area contributed by atoms with E-state index in [9.17, 15) is 4.79 Å². The van der Waals surface area contributed by atoms with Crippen molar-refractivity contribution in [3.05, 3.63) is 20.8 Å². The van der Waals surface area contributed by atoms with Gasteiger partial charge in [-0.05, 0) is 16.4 Å². The van der Waals surface area contributed by atoms with Crippen molar-refractivity contribution in [3.63, 3.8) is 0 Å². The van der Waals surface area contributed by atoms with Gasteiger partial charge in [0.25, 0.3) is 0 Å². The lowest BCUT2D eigenvalue weighted by atomic mass is 9.89. The van der Waals surface area contributed by atoms with Gasteiger partial charge in [-0.15, -0.1) is 11.3 Å². The summed E-state index contributed by atoms with van der Waals surface area (Å²) in [7, 11) is 0. The molecule has 1 N–H and O–H groups in total. The summed E-state index contributed by atoms with van der Waals surface area (Å²) in [6.45, 7) is 6.02. The maximum Gasteiger partial charge on any atom is 0.347 e. The molecule has 0 atom stereocenters.